The lowest BCUT2D eigenvalue weighted by atomic mass is 10.3. The van der Waals surface area contributed by atoms with Crippen molar-refractivity contribution < 1.29 is 4.42 Å². The standard InChI is InChI=1S/C11H8N4O/c12-7-5-9-10(14-6-7)16-11(15-9)8-3-1-2-4-13-8/h1-6H,12H2. The van der Waals surface area contributed by atoms with Crippen molar-refractivity contribution in [3.8, 4) is 11.6 Å². The minimum Gasteiger partial charge on any atom is -0.416 e. The molecule has 0 spiro atoms. The van der Waals surface area contributed by atoms with E-state index in [0.717, 1.165) is 0 Å². The van der Waals surface area contributed by atoms with Gasteiger partial charge in [0, 0.05) is 6.20 Å². The van der Waals surface area contributed by atoms with Gasteiger partial charge in [0.25, 0.3) is 0 Å². The van der Waals surface area contributed by atoms with Crippen molar-refractivity contribution in [3.63, 3.8) is 0 Å². The number of nitrogens with two attached hydrogens (primary N) is 1. The Morgan fingerprint density at radius 2 is 2.12 bits per heavy atom. The molecule has 0 amide bonds. The van der Waals surface area contributed by atoms with Gasteiger partial charge in [-0.3, -0.25) is 4.98 Å². The molecular formula is C11H8N4O. The SMILES string of the molecule is Nc1cnc2oc(-c3ccccn3)nc2c1. The summed E-state index contributed by atoms with van der Waals surface area (Å²) in [4.78, 5) is 12.5. The number of pyridine rings is 2. The van der Waals surface area contributed by atoms with Crippen LogP contribution in [0.25, 0.3) is 22.8 Å². The van der Waals surface area contributed by atoms with Gasteiger partial charge in [-0.25, -0.2) is 9.97 Å². The maximum Gasteiger partial charge on any atom is 0.248 e. The highest BCUT2D eigenvalue weighted by molar-refractivity contribution is 5.74. The molecule has 3 aromatic heterocycles. The summed E-state index contributed by atoms with van der Waals surface area (Å²) in [5.41, 5.74) is 7.96. The number of aromatic nitrogens is 3. The third-order valence-corrected chi connectivity index (χ3v) is 2.15. The van der Waals surface area contributed by atoms with Gasteiger partial charge in [0.05, 0.1) is 11.9 Å². The zero-order valence-electron chi connectivity index (χ0n) is 8.29. The van der Waals surface area contributed by atoms with Gasteiger partial charge in [0.15, 0.2) is 0 Å². The highest BCUT2D eigenvalue weighted by Crippen LogP contribution is 2.21. The summed E-state index contributed by atoms with van der Waals surface area (Å²) in [7, 11) is 0. The zero-order valence-corrected chi connectivity index (χ0v) is 8.29. The molecule has 0 aromatic carbocycles. The van der Waals surface area contributed by atoms with E-state index in [0.29, 0.717) is 28.5 Å². The molecule has 16 heavy (non-hydrogen) atoms. The zero-order chi connectivity index (χ0) is 11.0. The van der Waals surface area contributed by atoms with E-state index in [1.54, 1.807) is 12.3 Å². The normalized spacial score (nSPS) is 10.8. The number of hydrogen-bond acceptors (Lipinski definition) is 5. The van der Waals surface area contributed by atoms with Crippen molar-refractivity contribution in [2.75, 3.05) is 5.73 Å². The number of hydrogen-bond donors (Lipinski definition) is 1. The van der Waals surface area contributed by atoms with Gasteiger partial charge in [-0.15, -0.1) is 0 Å². The Bertz CT molecular complexity index is 633. The molecule has 0 bridgehead atoms. The van der Waals surface area contributed by atoms with Crippen LogP contribution in [0.15, 0.2) is 41.1 Å². The van der Waals surface area contributed by atoms with Crippen molar-refractivity contribution in [2.45, 2.75) is 0 Å². The molecule has 2 N–H and O–H groups in total. The van der Waals surface area contributed by atoms with E-state index in [1.807, 2.05) is 18.2 Å². The van der Waals surface area contributed by atoms with E-state index < -0.39 is 0 Å². The van der Waals surface area contributed by atoms with Gasteiger partial charge in [-0.05, 0) is 18.2 Å². The van der Waals surface area contributed by atoms with Crippen molar-refractivity contribution in [3.05, 3.63) is 36.7 Å². The predicted octanol–water partition coefficient (Wildman–Crippen LogP) is 1.87. The fraction of sp³-hybridized carbons (Fsp3) is 0. The van der Waals surface area contributed by atoms with Gasteiger partial charge in [-0.2, -0.15) is 0 Å². The lowest BCUT2D eigenvalue weighted by Gasteiger charge is -1.90. The second-order valence-corrected chi connectivity index (χ2v) is 3.33. The summed E-state index contributed by atoms with van der Waals surface area (Å²) in [6.07, 6.45) is 3.22. The molecule has 3 rings (SSSR count). The van der Waals surface area contributed by atoms with Crippen LogP contribution in [-0.4, -0.2) is 15.0 Å². The Hall–Kier alpha value is -2.43. The van der Waals surface area contributed by atoms with E-state index in [9.17, 15) is 0 Å². The molecule has 0 saturated carbocycles. The third kappa shape index (κ3) is 1.38. The Balaban J connectivity index is 2.19. The monoisotopic (exact) mass is 212 g/mol. The number of oxazole rings is 1. The smallest absolute Gasteiger partial charge is 0.248 e. The quantitative estimate of drug-likeness (QED) is 0.666. The molecule has 0 unspecified atom stereocenters. The number of nitrogen functional groups attached to an aromatic ring is 1. The van der Waals surface area contributed by atoms with Crippen molar-refractivity contribution in [1.82, 2.24) is 15.0 Å². The van der Waals surface area contributed by atoms with E-state index in [4.69, 9.17) is 10.2 Å². The fourth-order valence-corrected chi connectivity index (χ4v) is 1.44. The molecule has 5 heteroatoms. The van der Waals surface area contributed by atoms with Crippen LogP contribution in [0.1, 0.15) is 0 Å². The molecule has 5 nitrogen and oxygen atoms in total. The third-order valence-electron chi connectivity index (χ3n) is 2.15. The van der Waals surface area contributed by atoms with Crippen LogP contribution < -0.4 is 5.73 Å². The molecule has 0 atom stereocenters. The number of fused-ring (bicyclic) bond motifs is 1. The lowest BCUT2D eigenvalue weighted by Crippen LogP contribution is -1.85. The largest absolute Gasteiger partial charge is 0.416 e. The highest BCUT2D eigenvalue weighted by Gasteiger charge is 2.09. The van der Waals surface area contributed by atoms with Crippen molar-refractivity contribution >= 4 is 16.9 Å². The van der Waals surface area contributed by atoms with Crippen LogP contribution >= 0.6 is 0 Å². The average molecular weight is 212 g/mol. The van der Waals surface area contributed by atoms with E-state index in [-0.39, 0.29) is 0 Å². The first kappa shape index (κ1) is 8.84. The first-order valence-electron chi connectivity index (χ1n) is 4.76. The van der Waals surface area contributed by atoms with E-state index >= 15 is 0 Å². The molecule has 0 aliphatic rings. The summed E-state index contributed by atoms with van der Waals surface area (Å²) in [6, 6.07) is 7.26. The van der Waals surface area contributed by atoms with Gasteiger partial charge in [0.1, 0.15) is 11.2 Å². The summed E-state index contributed by atoms with van der Waals surface area (Å²) in [5.74, 6) is 0.453. The molecule has 0 fully saturated rings. The molecule has 0 aliphatic heterocycles. The predicted molar refractivity (Wildman–Crippen MR) is 59.4 cm³/mol. The maximum absolute atomic E-state index is 5.61. The fourth-order valence-electron chi connectivity index (χ4n) is 1.44. The summed E-state index contributed by atoms with van der Waals surface area (Å²) in [5, 5.41) is 0. The highest BCUT2D eigenvalue weighted by atomic mass is 16.4. The molecule has 0 aliphatic carbocycles. The van der Waals surface area contributed by atoms with Crippen LogP contribution in [0.2, 0.25) is 0 Å². The van der Waals surface area contributed by atoms with Crippen LogP contribution in [-0.2, 0) is 0 Å². The van der Waals surface area contributed by atoms with Crippen LogP contribution in [0.5, 0.6) is 0 Å². The Labute approximate surface area is 91.0 Å². The number of nitrogens with zero attached hydrogens (tertiary/aromatic N) is 3. The molecule has 0 radical (unpaired) electrons. The van der Waals surface area contributed by atoms with Crippen LogP contribution in [0, 0.1) is 0 Å². The second-order valence-electron chi connectivity index (χ2n) is 3.33. The first-order valence-corrected chi connectivity index (χ1v) is 4.76. The minimum absolute atomic E-state index is 0.453. The molecular weight excluding hydrogens is 204 g/mol. The molecule has 3 heterocycles. The maximum atomic E-state index is 5.61. The number of rotatable bonds is 1. The Morgan fingerprint density at radius 3 is 2.94 bits per heavy atom. The minimum atomic E-state index is 0.453. The van der Waals surface area contributed by atoms with Gasteiger partial charge in [0.2, 0.25) is 11.6 Å². The summed E-state index contributed by atoms with van der Waals surface area (Å²) < 4.78 is 5.47. The topological polar surface area (TPSA) is 77.8 Å². The number of anilines is 1. The lowest BCUT2D eigenvalue weighted by molar-refractivity contribution is 0.605. The molecule has 3 aromatic rings. The molecule has 78 valence electrons. The van der Waals surface area contributed by atoms with Gasteiger partial charge < -0.3 is 10.2 Å². The Kier molecular flexibility index (Phi) is 1.83. The van der Waals surface area contributed by atoms with Gasteiger partial charge >= 0.3 is 0 Å². The Morgan fingerprint density at radius 1 is 1.19 bits per heavy atom. The van der Waals surface area contributed by atoms with E-state index in [1.165, 1.54) is 6.20 Å². The van der Waals surface area contributed by atoms with Crippen LogP contribution in [0.3, 0.4) is 0 Å². The molecule has 0 saturated heterocycles. The first-order chi connectivity index (χ1) is 7.83. The van der Waals surface area contributed by atoms with Gasteiger partial charge in [-0.1, -0.05) is 6.07 Å². The summed E-state index contributed by atoms with van der Waals surface area (Å²) >= 11 is 0. The summed E-state index contributed by atoms with van der Waals surface area (Å²) in [6.45, 7) is 0. The van der Waals surface area contributed by atoms with E-state index in [2.05, 4.69) is 15.0 Å². The van der Waals surface area contributed by atoms with Crippen molar-refractivity contribution in [2.24, 2.45) is 0 Å². The van der Waals surface area contributed by atoms with Crippen molar-refractivity contribution in [1.29, 1.82) is 0 Å². The average Bonchev–Trinajstić information content (AvgIpc) is 2.73. The van der Waals surface area contributed by atoms with Crippen LogP contribution in [0.4, 0.5) is 5.69 Å². The second kappa shape index (κ2) is 3.30.